The maximum absolute atomic E-state index is 12.4. The number of morpholine rings is 1. The number of amides is 1. The molecule has 10 heteroatoms. The van der Waals surface area contributed by atoms with E-state index in [1.54, 1.807) is 18.5 Å². The monoisotopic (exact) mass is 431 g/mol. The number of rotatable bonds is 9. The Morgan fingerprint density at radius 1 is 1.19 bits per heavy atom. The van der Waals surface area contributed by atoms with Crippen LogP contribution in [0.15, 0.2) is 29.0 Å². The normalized spacial score (nSPS) is 19.2. The molecule has 4 rings (SSSR count). The van der Waals surface area contributed by atoms with Crippen molar-refractivity contribution in [3.05, 3.63) is 30.4 Å². The van der Waals surface area contributed by atoms with Gasteiger partial charge in [0.05, 0.1) is 13.2 Å². The molecule has 2 fully saturated rings. The predicted molar refractivity (Wildman–Crippen MR) is 110 cm³/mol. The average molecular weight is 431 g/mol. The van der Waals surface area contributed by atoms with Gasteiger partial charge < -0.3 is 24.1 Å². The number of nitrogens with one attached hydrogen (secondary N) is 1. The minimum atomic E-state index is -0.153. The number of aromatic nitrogens is 3. The first kappa shape index (κ1) is 21.8. The number of hydrogen-bond acceptors (Lipinski definition) is 9. The third-order valence-corrected chi connectivity index (χ3v) is 5.72. The van der Waals surface area contributed by atoms with Crippen molar-refractivity contribution in [1.29, 1.82) is 0 Å². The van der Waals surface area contributed by atoms with Crippen molar-refractivity contribution in [3.8, 4) is 11.4 Å². The van der Waals surface area contributed by atoms with Crippen molar-refractivity contribution < 1.29 is 23.5 Å². The molecule has 0 aromatic carbocycles. The van der Waals surface area contributed by atoms with Gasteiger partial charge in [-0.15, -0.1) is 0 Å². The van der Waals surface area contributed by atoms with Gasteiger partial charge in [-0.3, -0.25) is 14.7 Å². The molecule has 1 N–H and O–H groups in total. The highest BCUT2D eigenvalue weighted by Crippen LogP contribution is 2.31. The molecule has 2 saturated heterocycles. The van der Waals surface area contributed by atoms with Crippen LogP contribution in [0.1, 0.15) is 18.7 Å². The SMILES string of the molecule is O=C(COCc1nc(-c2cccnc2)no1)NCC1(CN2CCOCC2)CCOCC1. The average Bonchev–Trinajstić information content (AvgIpc) is 3.29. The van der Waals surface area contributed by atoms with E-state index >= 15 is 0 Å². The van der Waals surface area contributed by atoms with E-state index in [1.165, 1.54) is 0 Å². The number of ether oxygens (including phenoxy) is 3. The van der Waals surface area contributed by atoms with Crippen LogP contribution in [0.4, 0.5) is 0 Å². The number of carbonyl (C=O) groups is 1. The van der Waals surface area contributed by atoms with Gasteiger partial charge in [0, 0.05) is 62.8 Å². The number of carbonyl (C=O) groups excluding carboxylic acids is 1. The number of hydrogen-bond donors (Lipinski definition) is 1. The molecule has 1 amide bonds. The summed E-state index contributed by atoms with van der Waals surface area (Å²) in [5.74, 6) is 0.612. The lowest BCUT2D eigenvalue weighted by Crippen LogP contribution is -2.51. The molecule has 2 aliphatic rings. The van der Waals surface area contributed by atoms with Crippen LogP contribution in [0.3, 0.4) is 0 Å². The molecule has 0 saturated carbocycles. The second-order valence-electron chi connectivity index (χ2n) is 8.02. The number of nitrogens with zero attached hydrogens (tertiary/aromatic N) is 4. The van der Waals surface area contributed by atoms with Crippen molar-refractivity contribution in [2.45, 2.75) is 19.4 Å². The van der Waals surface area contributed by atoms with Gasteiger partial charge in [0.15, 0.2) is 0 Å². The third kappa shape index (κ3) is 6.30. The maximum Gasteiger partial charge on any atom is 0.252 e. The van der Waals surface area contributed by atoms with E-state index in [4.69, 9.17) is 18.7 Å². The van der Waals surface area contributed by atoms with Crippen LogP contribution < -0.4 is 5.32 Å². The van der Waals surface area contributed by atoms with Gasteiger partial charge in [0.1, 0.15) is 13.2 Å². The Hall–Kier alpha value is -2.40. The van der Waals surface area contributed by atoms with E-state index < -0.39 is 0 Å². The molecule has 0 bridgehead atoms. The van der Waals surface area contributed by atoms with Crippen molar-refractivity contribution in [2.75, 3.05) is 59.2 Å². The fraction of sp³-hybridized carbons (Fsp3) is 0.619. The predicted octanol–water partition coefficient (Wildman–Crippen LogP) is 0.893. The van der Waals surface area contributed by atoms with Crippen LogP contribution in [0.25, 0.3) is 11.4 Å². The Kier molecular flexibility index (Phi) is 7.57. The standard InChI is InChI=1S/C21H29N5O5/c27-18(13-30-14-19-24-20(25-31-19)17-2-1-5-22-12-17)23-15-21(3-8-28-9-4-21)16-26-6-10-29-11-7-26/h1-2,5,12H,3-4,6-11,13-16H2,(H,23,27). The summed E-state index contributed by atoms with van der Waals surface area (Å²) in [5.41, 5.74) is 0.786. The van der Waals surface area contributed by atoms with E-state index in [1.807, 2.05) is 6.07 Å². The Morgan fingerprint density at radius 2 is 2.00 bits per heavy atom. The Bertz CT molecular complexity index is 819. The first-order valence-electron chi connectivity index (χ1n) is 10.7. The third-order valence-electron chi connectivity index (χ3n) is 5.72. The molecule has 10 nitrogen and oxygen atoms in total. The molecular weight excluding hydrogens is 402 g/mol. The van der Waals surface area contributed by atoms with E-state index in [2.05, 4.69) is 25.3 Å². The van der Waals surface area contributed by atoms with Gasteiger partial charge in [-0.25, -0.2) is 0 Å². The molecule has 0 radical (unpaired) electrons. The van der Waals surface area contributed by atoms with E-state index in [0.717, 1.165) is 64.5 Å². The highest BCUT2D eigenvalue weighted by Gasteiger charge is 2.35. The van der Waals surface area contributed by atoms with Crippen LogP contribution in [-0.4, -0.2) is 85.1 Å². The summed E-state index contributed by atoms with van der Waals surface area (Å²) in [4.78, 5) is 23.1. The first-order valence-corrected chi connectivity index (χ1v) is 10.7. The molecule has 2 aliphatic heterocycles. The molecule has 0 spiro atoms. The van der Waals surface area contributed by atoms with Crippen LogP contribution >= 0.6 is 0 Å². The number of pyridine rings is 1. The van der Waals surface area contributed by atoms with Gasteiger partial charge in [-0.1, -0.05) is 5.16 Å². The highest BCUT2D eigenvalue weighted by atomic mass is 16.5. The fourth-order valence-corrected chi connectivity index (χ4v) is 3.92. The summed E-state index contributed by atoms with van der Waals surface area (Å²) >= 11 is 0. The minimum Gasteiger partial charge on any atom is -0.381 e. The first-order chi connectivity index (χ1) is 15.2. The lowest BCUT2D eigenvalue weighted by atomic mass is 9.79. The zero-order chi connectivity index (χ0) is 21.4. The van der Waals surface area contributed by atoms with Crippen LogP contribution in [0, 0.1) is 5.41 Å². The second kappa shape index (κ2) is 10.8. The zero-order valence-electron chi connectivity index (χ0n) is 17.6. The van der Waals surface area contributed by atoms with Crippen molar-refractivity contribution in [2.24, 2.45) is 5.41 Å². The molecule has 2 aromatic heterocycles. The van der Waals surface area contributed by atoms with Gasteiger partial charge >= 0.3 is 0 Å². The second-order valence-corrected chi connectivity index (χ2v) is 8.02. The summed E-state index contributed by atoms with van der Waals surface area (Å²) in [6.07, 6.45) is 5.21. The summed E-state index contributed by atoms with van der Waals surface area (Å²) in [6.45, 7) is 6.44. The van der Waals surface area contributed by atoms with Crippen LogP contribution in [0.5, 0.6) is 0 Å². The summed E-state index contributed by atoms with van der Waals surface area (Å²) in [5, 5.41) is 6.96. The topological polar surface area (TPSA) is 112 Å². The molecule has 168 valence electrons. The van der Waals surface area contributed by atoms with E-state index in [0.29, 0.717) is 18.3 Å². The molecule has 31 heavy (non-hydrogen) atoms. The Balaban J connectivity index is 1.22. The molecule has 0 aliphatic carbocycles. The van der Waals surface area contributed by atoms with Gasteiger partial charge in [0.2, 0.25) is 11.7 Å². The summed E-state index contributed by atoms with van der Waals surface area (Å²) in [7, 11) is 0. The summed E-state index contributed by atoms with van der Waals surface area (Å²) < 4.78 is 21.7. The van der Waals surface area contributed by atoms with Gasteiger partial charge in [-0.05, 0) is 25.0 Å². The lowest BCUT2D eigenvalue weighted by molar-refractivity contribution is -0.127. The van der Waals surface area contributed by atoms with E-state index in [-0.39, 0.29) is 24.5 Å². The summed E-state index contributed by atoms with van der Waals surface area (Å²) in [6, 6.07) is 3.65. The van der Waals surface area contributed by atoms with Crippen molar-refractivity contribution >= 4 is 5.91 Å². The minimum absolute atomic E-state index is 0.0242. The van der Waals surface area contributed by atoms with E-state index in [9.17, 15) is 4.79 Å². The smallest absolute Gasteiger partial charge is 0.252 e. The molecule has 4 heterocycles. The molecule has 0 atom stereocenters. The Morgan fingerprint density at radius 3 is 2.77 bits per heavy atom. The largest absolute Gasteiger partial charge is 0.381 e. The lowest BCUT2D eigenvalue weighted by Gasteiger charge is -2.42. The fourth-order valence-electron chi connectivity index (χ4n) is 3.92. The van der Waals surface area contributed by atoms with Crippen LogP contribution in [0.2, 0.25) is 0 Å². The molecule has 2 aromatic rings. The maximum atomic E-state index is 12.4. The van der Waals surface area contributed by atoms with Crippen molar-refractivity contribution in [3.63, 3.8) is 0 Å². The van der Waals surface area contributed by atoms with Gasteiger partial charge in [0.25, 0.3) is 5.89 Å². The zero-order valence-corrected chi connectivity index (χ0v) is 17.6. The molecular formula is C21H29N5O5. The van der Waals surface area contributed by atoms with Crippen LogP contribution in [-0.2, 0) is 25.6 Å². The highest BCUT2D eigenvalue weighted by molar-refractivity contribution is 5.77. The van der Waals surface area contributed by atoms with Gasteiger partial charge in [-0.2, -0.15) is 4.98 Å². The Labute approximate surface area is 181 Å². The quantitative estimate of drug-likeness (QED) is 0.619. The molecule has 0 unspecified atom stereocenters. The van der Waals surface area contributed by atoms with Crippen molar-refractivity contribution in [1.82, 2.24) is 25.3 Å².